The largest absolute Gasteiger partial charge is 0.456 e. The van der Waals surface area contributed by atoms with Gasteiger partial charge in [-0.15, -0.1) is 0 Å². The molecule has 0 heterocycles. The quantitative estimate of drug-likeness (QED) is 0.441. The van der Waals surface area contributed by atoms with Gasteiger partial charge < -0.3 is 9.47 Å². The van der Waals surface area contributed by atoms with E-state index >= 15 is 0 Å². The topological polar surface area (TPSA) is 52.6 Å². The Kier molecular flexibility index (Phi) is 4.90. The fraction of sp³-hybridized carbons (Fsp3) is 0.571. The molecule has 0 amide bonds. The summed E-state index contributed by atoms with van der Waals surface area (Å²) in [6.45, 7) is 17.4. The molecule has 0 radical (unpaired) electrons. The molecule has 0 bridgehead atoms. The first-order valence-corrected chi connectivity index (χ1v) is 5.68. The van der Waals surface area contributed by atoms with Gasteiger partial charge in [0.1, 0.15) is 11.2 Å². The summed E-state index contributed by atoms with van der Waals surface area (Å²) in [5.74, 6) is -1.34. The summed E-state index contributed by atoms with van der Waals surface area (Å²) in [7, 11) is 0. The van der Waals surface area contributed by atoms with Gasteiger partial charge in [0.15, 0.2) is 0 Å². The highest BCUT2D eigenvalue weighted by Gasteiger charge is 2.26. The van der Waals surface area contributed by atoms with Gasteiger partial charge in [0.05, 0.1) is 11.1 Å². The molecule has 0 aromatic heterocycles. The summed E-state index contributed by atoms with van der Waals surface area (Å²) >= 11 is 0. The predicted molar refractivity (Wildman–Crippen MR) is 70.0 cm³/mol. The van der Waals surface area contributed by atoms with Crippen molar-refractivity contribution in [3.8, 4) is 0 Å². The van der Waals surface area contributed by atoms with Crippen molar-refractivity contribution in [2.75, 3.05) is 0 Å². The minimum Gasteiger partial charge on any atom is -0.456 e. The first kappa shape index (κ1) is 16.4. The van der Waals surface area contributed by atoms with Crippen LogP contribution in [0.5, 0.6) is 0 Å². The SMILES string of the molecule is C=C(C(=C)C(=O)OC(C)(C)C)C(=O)OC(C)(C)C. The van der Waals surface area contributed by atoms with E-state index in [9.17, 15) is 9.59 Å². The van der Waals surface area contributed by atoms with E-state index < -0.39 is 23.1 Å². The molecule has 18 heavy (non-hydrogen) atoms. The van der Waals surface area contributed by atoms with Crippen LogP contribution >= 0.6 is 0 Å². The van der Waals surface area contributed by atoms with Crippen molar-refractivity contribution >= 4 is 11.9 Å². The summed E-state index contributed by atoms with van der Waals surface area (Å²) < 4.78 is 10.2. The Balaban J connectivity index is 4.67. The van der Waals surface area contributed by atoms with Crippen LogP contribution in [0.25, 0.3) is 0 Å². The average molecular weight is 254 g/mol. The lowest BCUT2D eigenvalue weighted by Crippen LogP contribution is -2.28. The van der Waals surface area contributed by atoms with Gasteiger partial charge >= 0.3 is 11.9 Å². The van der Waals surface area contributed by atoms with Gasteiger partial charge in [0.2, 0.25) is 0 Å². The molecule has 0 atom stereocenters. The van der Waals surface area contributed by atoms with Gasteiger partial charge in [0.25, 0.3) is 0 Å². The van der Waals surface area contributed by atoms with Crippen LogP contribution in [0.2, 0.25) is 0 Å². The summed E-state index contributed by atoms with van der Waals surface area (Å²) in [6, 6.07) is 0. The molecule has 0 aliphatic rings. The van der Waals surface area contributed by atoms with E-state index in [1.54, 1.807) is 41.5 Å². The van der Waals surface area contributed by atoms with Crippen molar-refractivity contribution in [1.29, 1.82) is 0 Å². The Morgan fingerprint density at radius 1 is 0.722 bits per heavy atom. The van der Waals surface area contributed by atoms with Crippen LogP contribution in [0.1, 0.15) is 41.5 Å². The molecule has 0 fully saturated rings. The van der Waals surface area contributed by atoms with Crippen LogP contribution < -0.4 is 0 Å². The number of rotatable bonds is 3. The maximum absolute atomic E-state index is 11.7. The second-order valence-corrected chi connectivity index (χ2v) is 5.96. The van der Waals surface area contributed by atoms with Gasteiger partial charge in [-0.25, -0.2) is 9.59 Å². The lowest BCUT2D eigenvalue weighted by molar-refractivity contribution is -0.153. The average Bonchev–Trinajstić information content (AvgIpc) is 2.09. The predicted octanol–water partition coefficient (Wildman–Crippen LogP) is 2.78. The van der Waals surface area contributed by atoms with Crippen LogP contribution in [0.4, 0.5) is 0 Å². The van der Waals surface area contributed by atoms with Gasteiger partial charge in [0, 0.05) is 0 Å². The molecule has 0 aliphatic heterocycles. The molecule has 4 heteroatoms. The van der Waals surface area contributed by atoms with Gasteiger partial charge in [-0.05, 0) is 41.5 Å². The second-order valence-electron chi connectivity index (χ2n) is 5.96. The van der Waals surface area contributed by atoms with E-state index in [0.29, 0.717) is 0 Å². The van der Waals surface area contributed by atoms with Gasteiger partial charge in [-0.1, -0.05) is 13.2 Å². The number of hydrogen-bond donors (Lipinski definition) is 0. The highest BCUT2D eigenvalue weighted by Crippen LogP contribution is 2.18. The van der Waals surface area contributed by atoms with E-state index in [0.717, 1.165) is 0 Å². The zero-order valence-electron chi connectivity index (χ0n) is 12.0. The second kappa shape index (κ2) is 5.38. The number of ether oxygens (including phenoxy) is 2. The first-order chi connectivity index (χ1) is 7.83. The minimum atomic E-state index is -0.668. The Morgan fingerprint density at radius 3 is 1.11 bits per heavy atom. The summed E-state index contributed by atoms with van der Waals surface area (Å²) in [5, 5.41) is 0. The molecule has 0 spiro atoms. The highest BCUT2D eigenvalue weighted by atomic mass is 16.6. The number of esters is 2. The lowest BCUT2D eigenvalue weighted by atomic mass is 10.1. The Bertz CT molecular complexity index is 340. The smallest absolute Gasteiger partial charge is 0.338 e. The zero-order valence-corrected chi connectivity index (χ0v) is 12.0. The third-order valence-corrected chi connectivity index (χ3v) is 1.65. The Labute approximate surface area is 109 Å². The molecule has 0 unspecified atom stereocenters. The molecule has 0 aromatic carbocycles. The molecular weight excluding hydrogens is 232 g/mol. The minimum absolute atomic E-state index is 0.0841. The molecular formula is C14H22O4. The molecule has 0 N–H and O–H groups in total. The Hall–Kier alpha value is -1.58. The van der Waals surface area contributed by atoms with Crippen LogP contribution in [-0.2, 0) is 19.1 Å². The maximum Gasteiger partial charge on any atom is 0.338 e. The van der Waals surface area contributed by atoms with E-state index in [1.165, 1.54) is 0 Å². The monoisotopic (exact) mass is 254 g/mol. The van der Waals surface area contributed by atoms with Crippen LogP contribution in [0.3, 0.4) is 0 Å². The van der Waals surface area contributed by atoms with Crippen molar-refractivity contribution in [2.24, 2.45) is 0 Å². The van der Waals surface area contributed by atoms with Gasteiger partial charge in [-0.3, -0.25) is 0 Å². The highest BCUT2D eigenvalue weighted by molar-refractivity contribution is 6.06. The van der Waals surface area contributed by atoms with Crippen molar-refractivity contribution in [3.63, 3.8) is 0 Å². The number of hydrogen-bond acceptors (Lipinski definition) is 4. The van der Waals surface area contributed by atoms with Gasteiger partial charge in [-0.2, -0.15) is 0 Å². The van der Waals surface area contributed by atoms with Crippen LogP contribution in [-0.4, -0.2) is 23.1 Å². The summed E-state index contributed by atoms with van der Waals surface area (Å²) in [6.07, 6.45) is 0. The molecule has 0 rings (SSSR count). The van der Waals surface area contributed by atoms with E-state index in [4.69, 9.17) is 9.47 Å². The van der Waals surface area contributed by atoms with Crippen molar-refractivity contribution in [2.45, 2.75) is 52.7 Å². The van der Waals surface area contributed by atoms with Crippen molar-refractivity contribution in [3.05, 3.63) is 24.3 Å². The van der Waals surface area contributed by atoms with Crippen molar-refractivity contribution < 1.29 is 19.1 Å². The molecule has 0 aliphatic carbocycles. The maximum atomic E-state index is 11.7. The Morgan fingerprint density at radius 2 is 0.944 bits per heavy atom. The van der Waals surface area contributed by atoms with Crippen LogP contribution in [0.15, 0.2) is 24.3 Å². The van der Waals surface area contributed by atoms with Crippen LogP contribution in [0, 0.1) is 0 Å². The zero-order chi connectivity index (χ0) is 14.7. The molecule has 0 saturated carbocycles. The molecule has 102 valence electrons. The first-order valence-electron chi connectivity index (χ1n) is 5.68. The molecule has 4 nitrogen and oxygen atoms in total. The normalized spacial score (nSPS) is 11.7. The fourth-order valence-electron chi connectivity index (χ4n) is 0.926. The fourth-order valence-corrected chi connectivity index (χ4v) is 0.926. The van der Waals surface area contributed by atoms with E-state index in [2.05, 4.69) is 13.2 Å². The summed E-state index contributed by atoms with van der Waals surface area (Å²) in [5.41, 5.74) is -1.46. The van der Waals surface area contributed by atoms with Crippen molar-refractivity contribution in [1.82, 2.24) is 0 Å². The molecule has 0 aromatic rings. The number of carbonyl (C=O) groups is 2. The summed E-state index contributed by atoms with van der Waals surface area (Å²) in [4.78, 5) is 23.4. The third-order valence-electron chi connectivity index (χ3n) is 1.65. The lowest BCUT2D eigenvalue weighted by Gasteiger charge is -2.22. The molecule has 0 saturated heterocycles. The number of carbonyl (C=O) groups excluding carboxylic acids is 2. The van der Waals surface area contributed by atoms with E-state index in [1.807, 2.05) is 0 Å². The standard InChI is InChI=1S/C14H22O4/c1-9(11(15)17-13(3,4)5)10(2)12(16)18-14(6,7)8/h1-2H2,3-8H3. The third kappa shape index (κ3) is 6.23. The van der Waals surface area contributed by atoms with E-state index in [-0.39, 0.29) is 11.1 Å².